The molecular formula is C27H47NO4. The van der Waals surface area contributed by atoms with Gasteiger partial charge >= 0.3 is 0 Å². The predicted octanol–water partition coefficient (Wildman–Crippen LogP) is 4.75. The summed E-state index contributed by atoms with van der Waals surface area (Å²) in [6, 6.07) is 0. The Bertz CT molecular complexity index is 710. The van der Waals surface area contributed by atoms with E-state index in [4.69, 9.17) is 0 Å². The maximum atomic E-state index is 14.1. The first-order valence-electron chi connectivity index (χ1n) is 13.0. The van der Waals surface area contributed by atoms with Crippen LogP contribution in [0.2, 0.25) is 0 Å². The van der Waals surface area contributed by atoms with Gasteiger partial charge in [-0.05, 0) is 105 Å². The van der Waals surface area contributed by atoms with E-state index in [2.05, 4.69) is 27.7 Å². The summed E-state index contributed by atoms with van der Waals surface area (Å²) < 4.78 is 0. The van der Waals surface area contributed by atoms with Crippen LogP contribution >= 0.6 is 0 Å². The highest BCUT2D eigenvalue weighted by Crippen LogP contribution is 2.68. The van der Waals surface area contributed by atoms with Crippen molar-refractivity contribution in [2.45, 2.75) is 104 Å². The van der Waals surface area contributed by atoms with Crippen LogP contribution in [0.5, 0.6) is 0 Å². The molecule has 4 aliphatic rings. The van der Waals surface area contributed by atoms with Crippen LogP contribution in [0.4, 0.5) is 0 Å². The second-order valence-corrected chi connectivity index (χ2v) is 12.2. The number of quaternary nitrogens is 1. The van der Waals surface area contributed by atoms with Gasteiger partial charge < -0.3 is 21.2 Å². The van der Waals surface area contributed by atoms with Crippen LogP contribution < -0.4 is 11.3 Å². The number of rotatable bonds is 6. The number of aliphatic carboxylic acids is 1. The van der Waals surface area contributed by atoms with Crippen LogP contribution in [0.15, 0.2) is 0 Å². The van der Waals surface area contributed by atoms with Crippen molar-refractivity contribution in [1.82, 2.24) is 6.15 Å². The van der Waals surface area contributed by atoms with Crippen molar-refractivity contribution in [3.63, 3.8) is 0 Å². The van der Waals surface area contributed by atoms with Gasteiger partial charge in [-0.2, -0.15) is 0 Å². The van der Waals surface area contributed by atoms with Crippen LogP contribution in [0, 0.1) is 52.3 Å². The quantitative estimate of drug-likeness (QED) is 0.608. The van der Waals surface area contributed by atoms with Gasteiger partial charge in [0.05, 0.1) is 6.10 Å². The average Bonchev–Trinajstić information content (AvgIpc) is 3.07. The van der Waals surface area contributed by atoms with Gasteiger partial charge in [-0.25, -0.2) is 0 Å². The van der Waals surface area contributed by atoms with E-state index in [0.29, 0.717) is 41.8 Å². The molecule has 0 saturated heterocycles. The molecule has 0 bridgehead atoms. The van der Waals surface area contributed by atoms with E-state index in [1.807, 2.05) is 0 Å². The minimum Gasteiger partial charge on any atom is -0.550 e. The van der Waals surface area contributed by atoms with E-state index < -0.39 is 5.97 Å². The molecule has 0 aromatic carbocycles. The van der Waals surface area contributed by atoms with Gasteiger partial charge in [0.1, 0.15) is 5.78 Å². The molecule has 0 unspecified atom stereocenters. The third kappa shape index (κ3) is 3.96. The fourth-order valence-electron chi connectivity index (χ4n) is 9.33. The Balaban J connectivity index is 0.00000289. The Hall–Kier alpha value is -0.940. The number of hydrogen-bond donors (Lipinski definition) is 2. The lowest BCUT2D eigenvalue weighted by Crippen LogP contribution is -2.60. The van der Waals surface area contributed by atoms with Crippen molar-refractivity contribution in [1.29, 1.82) is 0 Å². The number of fused-ring (bicyclic) bond motifs is 5. The number of carbonyl (C=O) groups excluding carboxylic acids is 2. The highest BCUT2D eigenvalue weighted by molar-refractivity contribution is 5.86. The molecule has 184 valence electrons. The average molecular weight is 450 g/mol. The molecule has 0 spiro atoms. The van der Waals surface area contributed by atoms with E-state index in [1.54, 1.807) is 0 Å². The van der Waals surface area contributed by atoms with Crippen molar-refractivity contribution < 1.29 is 19.8 Å². The van der Waals surface area contributed by atoms with E-state index in [-0.39, 0.29) is 41.3 Å². The molecule has 32 heavy (non-hydrogen) atoms. The molecule has 0 heterocycles. The van der Waals surface area contributed by atoms with Crippen LogP contribution in [-0.4, -0.2) is 23.0 Å². The summed E-state index contributed by atoms with van der Waals surface area (Å²) in [7, 11) is 0. The second kappa shape index (κ2) is 9.37. The third-order valence-electron chi connectivity index (χ3n) is 10.9. The molecule has 4 rings (SSSR count). The van der Waals surface area contributed by atoms with Gasteiger partial charge in [-0.1, -0.05) is 34.1 Å². The fraction of sp³-hybridized carbons (Fsp3) is 0.926. The van der Waals surface area contributed by atoms with Crippen molar-refractivity contribution in [2.75, 3.05) is 0 Å². The fourth-order valence-corrected chi connectivity index (χ4v) is 9.33. The largest absolute Gasteiger partial charge is 0.550 e. The van der Waals surface area contributed by atoms with E-state index in [9.17, 15) is 19.8 Å². The summed E-state index contributed by atoms with van der Waals surface area (Å²) in [6.45, 7) is 9.28. The number of carbonyl (C=O) groups is 2. The maximum absolute atomic E-state index is 14.1. The third-order valence-corrected chi connectivity index (χ3v) is 10.9. The smallest absolute Gasteiger partial charge is 0.139 e. The van der Waals surface area contributed by atoms with E-state index >= 15 is 0 Å². The van der Waals surface area contributed by atoms with Crippen LogP contribution in [-0.2, 0) is 9.59 Å². The summed E-state index contributed by atoms with van der Waals surface area (Å²) in [5.74, 6) is 1.97. The van der Waals surface area contributed by atoms with Gasteiger partial charge in [0.25, 0.3) is 0 Å². The number of aliphatic hydroxyl groups excluding tert-OH is 1. The Morgan fingerprint density at radius 1 is 1.09 bits per heavy atom. The summed E-state index contributed by atoms with van der Waals surface area (Å²) >= 11 is 0. The first kappa shape index (κ1) is 25.7. The van der Waals surface area contributed by atoms with Gasteiger partial charge in [0.15, 0.2) is 0 Å². The Morgan fingerprint density at radius 2 is 1.75 bits per heavy atom. The van der Waals surface area contributed by atoms with E-state index in [0.717, 1.165) is 57.8 Å². The molecule has 5 N–H and O–H groups in total. The van der Waals surface area contributed by atoms with Crippen LogP contribution in [0.3, 0.4) is 0 Å². The summed E-state index contributed by atoms with van der Waals surface area (Å²) in [5.41, 5.74) is 0.327. The molecule has 4 saturated carbocycles. The Kier molecular flexibility index (Phi) is 7.52. The molecular weight excluding hydrogens is 402 g/mol. The zero-order chi connectivity index (χ0) is 22.6. The lowest BCUT2D eigenvalue weighted by molar-refractivity contribution is -0.306. The second-order valence-electron chi connectivity index (χ2n) is 12.2. The SMILES string of the molecule is CCC[C@@H]1C(=O)[C@@H]2[C@H](CC[C@]3(C)[C@@H]([C@H](C)CCC(=O)[O-])CC[C@@H]23)[C@@]2(C)CC[C@@H](O)C[C@@H]12.[NH4+]. The highest BCUT2D eigenvalue weighted by atomic mass is 16.4. The summed E-state index contributed by atoms with van der Waals surface area (Å²) in [6.07, 6.45) is 9.86. The minimum atomic E-state index is -0.946. The summed E-state index contributed by atoms with van der Waals surface area (Å²) in [5, 5.41) is 21.5. The lowest BCUT2D eigenvalue weighted by Gasteiger charge is -2.62. The molecule has 5 nitrogen and oxygen atoms in total. The zero-order valence-corrected chi connectivity index (χ0v) is 21.1. The molecule has 4 fully saturated rings. The molecule has 0 aromatic rings. The standard InChI is InChI=1S/C27H44O4.H3N/c1-5-6-18-22-15-17(28)11-13-27(22,4)21-12-14-26(3)19(16(2)7-10-23(29)30)8-9-20(26)24(21)25(18)31;/h16-22,24,28H,5-15H2,1-4H3,(H,29,30);1H3/t16-,17-,18+,19-,20+,21+,22+,24+,26-,27-;/m1./s1. The molecule has 5 heteroatoms. The molecule has 4 aliphatic carbocycles. The van der Waals surface area contributed by atoms with Gasteiger partial charge in [-0.3, -0.25) is 4.79 Å². The van der Waals surface area contributed by atoms with E-state index in [1.165, 1.54) is 0 Å². The monoisotopic (exact) mass is 449 g/mol. The van der Waals surface area contributed by atoms with Crippen LogP contribution in [0.1, 0.15) is 98.3 Å². The molecule has 0 amide bonds. The lowest BCUT2D eigenvalue weighted by atomic mass is 9.41. The topological polar surface area (TPSA) is 114 Å². The first-order valence-corrected chi connectivity index (χ1v) is 13.0. The minimum absolute atomic E-state index is 0. The normalized spacial score (nSPS) is 46.4. The number of carboxylic acids is 1. The predicted molar refractivity (Wildman–Crippen MR) is 125 cm³/mol. The van der Waals surface area contributed by atoms with Gasteiger partial charge in [-0.15, -0.1) is 0 Å². The van der Waals surface area contributed by atoms with Crippen LogP contribution in [0.25, 0.3) is 0 Å². The van der Waals surface area contributed by atoms with Gasteiger partial charge in [0.2, 0.25) is 0 Å². The van der Waals surface area contributed by atoms with Crippen molar-refractivity contribution in [3.8, 4) is 0 Å². The number of Topliss-reactive ketones (excluding diaryl/α,β-unsaturated/α-hetero) is 1. The molecule has 0 aliphatic heterocycles. The Morgan fingerprint density at radius 3 is 2.41 bits per heavy atom. The molecule has 10 atom stereocenters. The first-order chi connectivity index (χ1) is 14.6. The van der Waals surface area contributed by atoms with Crippen molar-refractivity contribution in [3.05, 3.63) is 0 Å². The number of carboxylic acid groups (broad SMARTS) is 1. The number of hydrogen-bond acceptors (Lipinski definition) is 4. The van der Waals surface area contributed by atoms with Crippen molar-refractivity contribution in [2.24, 2.45) is 52.3 Å². The Labute approximate surface area is 194 Å². The highest BCUT2D eigenvalue weighted by Gasteiger charge is 2.65. The maximum Gasteiger partial charge on any atom is 0.139 e. The zero-order valence-electron chi connectivity index (χ0n) is 21.1. The molecule has 0 aromatic heterocycles. The van der Waals surface area contributed by atoms with Crippen molar-refractivity contribution >= 4 is 11.8 Å². The van der Waals surface area contributed by atoms with Gasteiger partial charge in [0, 0.05) is 17.8 Å². The molecule has 0 radical (unpaired) electrons. The number of ketones is 1. The number of aliphatic hydroxyl groups is 1. The summed E-state index contributed by atoms with van der Waals surface area (Å²) in [4.78, 5) is 25.1.